The number of carbonyl (C=O) groups excluding carboxylic acids is 1. The van der Waals surface area contributed by atoms with Gasteiger partial charge in [0.25, 0.3) is 0 Å². The first-order valence-electron chi connectivity index (χ1n) is 8.16. The summed E-state index contributed by atoms with van der Waals surface area (Å²) < 4.78 is 0. The number of hydrogen-bond donors (Lipinski definition) is 1. The molecule has 2 heteroatoms. The summed E-state index contributed by atoms with van der Waals surface area (Å²) in [6.07, 6.45) is 9.30. The highest BCUT2D eigenvalue weighted by atomic mass is 16.1. The first-order valence-corrected chi connectivity index (χ1v) is 8.16. The summed E-state index contributed by atoms with van der Waals surface area (Å²) in [5, 5.41) is 0. The lowest BCUT2D eigenvalue weighted by Crippen LogP contribution is -2.35. The van der Waals surface area contributed by atoms with Crippen LogP contribution in [0.25, 0.3) is 0 Å². The Balaban J connectivity index is 1.85. The third kappa shape index (κ3) is 2.67. The molecule has 3 rings (SSSR count). The van der Waals surface area contributed by atoms with Crippen LogP contribution >= 0.6 is 0 Å². The molecule has 2 atom stereocenters. The van der Waals surface area contributed by atoms with E-state index in [9.17, 15) is 4.79 Å². The smallest absolute Gasteiger partial charge is 0.167 e. The van der Waals surface area contributed by atoms with E-state index in [2.05, 4.69) is 12.1 Å². The minimum Gasteiger partial charge on any atom is -0.327 e. The Kier molecular flexibility index (Phi) is 4.21. The van der Waals surface area contributed by atoms with Crippen LogP contribution in [0.4, 0.5) is 0 Å². The van der Waals surface area contributed by atoms with Gasteiger partial charge in [-0.2, -0.15) is 0 Å². The molecule has 2 unspecified atom stereocenters. The second-order valence-electron chi connectivity index (χ2n) is 6.49. The molecule has 0 aliphatic heterocycles. The van der Waals surface area contributed by atoms with Gasteiger partial charge in [-0.05, 0) is 37.2 Å². The fraction of sp³-hybridized carbons (Fsp3) is 0.611. The van der Waals surface area contributed by atoms with E-state index in [-0.39, 0.29) is 12.0 Å². The van der Waals surface area contributed by atoms with Crippen LogP contribution in [0.15, 0.2) is 24.3 Å². The van der Waals surface area contributed by atoms with Crippen molar-refractivity contribution in [2.45, 2.75) is 63.3 Å². The Labute approximate surface area is 121 Å². The zero-order chi connectivity index (χ0) is 13.9. The summed E-state index contributed by atoms with van der Waals surface area (Å²) in [5.41, 5.74) is 8.50. The second kappa shape index (κ2) is 6.09. The summed E-state index contributed by atoms with van der Waals surface area (Å²) in [6, 6.07) is 8.29. The van der Waals surface area contributed by atoms with Crippen molar-refractivity contribution in [3.05, 3.63) is 35.4 Å². The number of rotatable bonds is 3. The van der Waals surface area contributed by atoms with E-state index in [1.165, 1.54) is 37.7 Å². The number of Topliss-reactive ketones (excluding diaryl/α,β-unsaturated/α-hetero) is 1. The maximum atomic E-state index is 12.9. The number of hydrogen-bond acceptors (Lipinski definition) is 2. The minimum absolute atomic E-state index is 0.0405. The third-order valence-corrected chi connectivity index (χ3v) is 5.18. The summed E-state index contributed by atoms with van der Waals surface area (Å²) >= 11 is 0. The fourth-order valence-electron chi connectivity index (χ4n) is 3.66. The van der Waals surface area contributed by atoms with Crippen molar-refractivity contribution in [2.24, 2.45) is 11.7 Å². The van der Waals surface area contributed by atoms with Crippen LogP contribution in [-0.4, -0.2) is 11.8 Å². The van der Waals surface area contributed by atoms with Crippen LogP contribution in [0.1, 0.15) is 73.2 Å². The Hall–Kier alpha value is -1.15. The SMILES string of the molecule is NC1CCCCCC1C(=O)c1ccccc1C1CCC1. The molecule has 2 saturated carbocycles. The average Bonchev–Trinajstić information content (AvgIpc) is 2.61. The molecule has 0 spiro atoms. The summed E-state index contributed by atoms with van der Waals surface area (Å²) in [7, 11) is 0. The number of benzene rings is 1. The molecule has 2 aliphatic carbocycles. The normalized spacial score (nSPS) is 27.6. The van der Waals surface area contributed by atoms with Crippen LogP contribution in [0.5, 0.6) is 0 Å². The van der Waals surface area contributed by atoms with Gasteiger partial charge in [0.05, 0.1) is 0 Å². The van der Waals surface area contributed by atoms with E-state index >= 15 is 0 Å². The summed E-state index contributed by atoms with van der Waals surface area (Å²) in [5.74, 6) is 0.956. The largest absolute Gasteiger partial charge is 0.327 e. The maximum absolute atomic E-state index is 12.9. The molecule has 0 aromatic heterocycles. The van der Waals surface area contributed by atoms with Crippen molar-refractivity contribution < 1.29 is 4.79 Å². The van der Waals surface area contributed by atoms with Crippen LogP contribution < -0.4 is 5.73 Å². The van der Waals surface area contributed by atoms with Gasteiger partial charge >= 0.3 is 0 Å². The van der Waals surface area contributed by atoms with E-state index < -0.39 is 0 Å². The van der Waals surface area contributed by atoms with Crippen LogP contribution in [0, 0.1) is 5.92 Å². The molecule has 2 aliphatic rings. The van der Waals surface area contributed by atoms with E-state index in [4.69, 9.17) is 5.73 Å². The minimum atomic E-state index is 0.0405. The molecule has 20 heavy (non-hydrogen) atoms. The van der Waals surface area contributed by atoms with Crippen LogP contribution in [0.2, 0.25) is 0 Å². The zero-order valence-corrected chi connectivity index (χ0v) is 12.2. The van der Waals surface area contributed by atoms with Crippen molar-refractivity contribution in [3.63, 3.8) is 0 Å². The van der Waals surface area contributed by atoms with Gasteiger partial charge < -0.3 is 5.73 Å². The summed E-state index contributed by atoms with van der Waals surface area (Å²) in [4.78, 5) is 12.9. The molecule has 108 valence electrons. The topological polar surface area (TPSA) is 43.1 Å². The van der Waals surface area contributed by atoms with Gasteiger partial charge in [0.1, 0.15) is 0 Å². The van der Waals surface area contributed by atoms with Crippen molar-refractivity contribution in [1.82, 2.24) is 0 Å². The molecule has 1 aromatic carbocycles. The monoisotopic (exact) mass is 271 g/mol. The van der Waals surface area contributed by atoms with Gasteiger partial charge in [0.15, 0.2) is 5.78 Å². The molecular weight excluding hydrogens is 246 g/mol. The molecule has 0 heterocycles. The Morgan fingerprint density at radius 1 is 0.950 bits per heavy atom. The molecular formula is C18H25NO. The fourth-order valence-corrected chi connectivity index (χ4v) is 3.66. The predicted molar refractivity (Wildman–Crippen MR) is 81.9 cm³/mol. The van der Waals surface area contributed by atoms with E-state index in [1.807, 2.05) is 12.1 Å². The number of nitrogens with two attached hydrogens (primary N) is 1. The highest BCUT2D eigenvalue weighted by Gasteiger charge is 2.31. The van der Waals surface area contributed by atoms with Gasteiger partial charge in [-0.25, -0.2) is 0 Å². The van der Waals surface area contributed by atoms with Crippen LogP contribution in [-0.2, 0) is 0 Å². The first kappa shape index (κ1) is 13.8. The molecule has 0 amide bonds. The second-order valence-corrected chi connectivity index (χ2v) is 6.49. The lowest BCUT2D eigenvalue weighted by molar-refractivity contribution is 0.0892. The van der Waals surface area contributed by atoms with Gasteiger partial charge in [0, 0.05) is 17.5 Å². The Morgan fingerprint density at radius 3 is 2.45 bits per heavy atom. The van der Waals surface area contributed by atoms with Crippen molar-refractivity contribution >= 4 is 5.78 Å². The van der Waals surface area contributed by atoms with Crippen molar-refractivity contribution in [1.29, 1.82) is 0 Å². The van der Waals surface area contributed by atoms with Gasteiger partial charge in [-0.3, -0.25) is 4.79 Å². The molecule has 0 saturated heterocycles. The predicted octanol–water partition coefficient (Wildman–Crippen LogP) is 4.04. The molecule has 2 nitrogen and oxygen atoms in total. The highest BCUT2D eigenvalue weighted by Crippen LogP contribution is 2.39. The lowest BCUT2D eigenvalue weighted by Gasteiger charge is -2.29. The van der Waals surface area contributed by atoms with E-state index in [0.29, 0.717) is 11.7 Å². The van der Waals surface area contributed by atoms with E-state index in [1.54, 1.807) is 0 Å². The quantitative estimate of drug-likeness (QED) is 0.666. The van der Waals surface area contributed by atoms with Crippen molar-refractivity contribution in [3.8, 4) is 0 Å². The summed E-state index contributed by atoms with van der Waals surface area (Å²) in [6.45, 7) is 0. The molecule has 2 N–H and O–H groups in total. The lowest BCUT2D eigenvalue weighted by atomic mass is 9.76. The first-order chi connectivity index (χ1) is 9.77. The maximum Gasteiger partial charge on any atom is 0.167 e. The van der Waals surface area contributed by atoms with Crippen LogP contribution in [0.3, 0.4) is 0 Å². The third-order valence-electron chi connectivity index (χ3n) is 5.18. The Morgan fingerprint density at radius 2 is 1.70 bits per heavy atom. The zero-order valence-electron chi connectivity index (χ0n) is 12.2. The molecule has 0 radical (unpaired) electrons. The number of ketones is 1. The molecule has 1 aromatic rings. The standard InChI is InChI=1S/C18H25NO/c19-17-12-3-1-2-11-16(17)18(20)15-10-5-4-9-14(15)13-7-6-8-13/h4-5,9-10,13,16-17H,1-3,6-8,11-12,19H2. The molecule has 0 bridgehead atoms. The van der Waals surface area contributed by atoms with Gasteiger partial charge in [-0.15, -0.1) is 0 Å². The van der Waals surface area contributed by atoms with Gasteiger partial charge in [-0.1, -0.05) is 49.9 Å². The average molecular weight is 271 g/mol. The van der Waals surface area contributed by atoms with E-state index in [0.717, 1.165) is 24.8 Å². The Bertz CT molecular complexity index is 478. The van der Waals surface area contributed by atoms with Gasteiger partial charge in [0.2, 0.25) is 0 Å². The highest BCUT2D eigenvalue weighted by molar-refractivity contribution is 5.99. The molecule has 2 fully saturated rings. The van der Waals surface area contributed by atoms with Crippen molar-refractivity contribution in [2.75, 3.05) is 0 Å². The number of carbonyl (C=O) groups is 1.